The van der Waals surface area contributed by atoms with Gasteiger partial charge < -0.3 is 19.7 Å². The fraction of sp³-hybridized carbons (Fsp3) is 0.350. The Hall–Kier alpha value is -3.20. The zero-order valence-electron chi connectivity index (χ0n) is 16.3. The Kier molecular flexibility index (Phi) is 5.97. The van der Waals surface area contributed by atoms with Crippen molar-refractivity contribution in [1.29, 1.82) is 0 Å². The summed E-state index contributed by atoms with van der Waals surface area (Å²) in [4.78, 5) is 24.9. The highest BCUT2D eigenvalue weighted by atomic mass is 19.1. The summed E-state index contributed by atoms with van der Waals surface area (Å²) in [5, 5.41) is 13.7. The zero-order chi connectivity index (χ0) is 21.1. The summed E-state index contributed by atoms with van der Waals surface area (Å²) in [6, 6.07) is 8.30. The summed E-state index contributed by atoms with van der Waals surface area (Å²) in [7, 11) is 1.31. The Labute approximate surface area is 167 Å². The Balaban J connectivity index is 1.77. The highest BCUT2D eigenvalue weighted by Gasteiger charge is 2.24. The molecule has 2 aromatic rings. The number of nitro groups is 1. The second-order valence-electron chi connectivity index (χ2n) is 6.93. The normalized spacial score (nSPS) is 19.0. The van der Waals surface area contributed by atoms with Crippen molar-refractivity contribution in [1.82, 2.24) is 0 Å². The van der Waals surface area contributed by atoms with Gasteiger partial charge >= 0.3 is 5.69 Å². The van der Waals surface area contributed by atoms with Gasteiger partial charge in [0, 0.05) is 30.4 Å². The first-order valence-electron chi connectivity index (χ1n) is 9.12. The molecule has 2 atom stereocenters. The van der Waals surface area contributed by atoms with Crippen LogP contribution in [0.25, 0.3) is 0 Å². The molecule has 1 fully saturated rings. The van der Waals surface area contributed by atoms with Crippen LogP contribution < -0.4 is 15.0 Å². The smallest absolute Gasteiger partial charge is 0.311 e. The minimum atomic E-state index is -0.631. The molecule has 9 heteroatoms. The van der Waals surface area contributed by atoms with E-state index in [1.165, 1.54) is 25.3 Å². The second-order valence-corrected chi connectivity index (χ2v) is 6.93. The third kappa shape index (κ3) is 4.62. The molecular weight excluding hydrogens is 381 g/mol. The van der Waals surface area contributed by atoms with Crippen LogP contribution in [-0.2, 0) is 4.74 Å². The van der Waals surface area contributed by atoms with Crippen molar-refractivity contribution in [3.63, 3.8) is 0 Å². The first-order chi connectivity index (χ1) is 13.8. The summed E-state index contributed by atoms with van der Waals surface area (Å²) in [5.41, 5.74) is 0.434. The van der Waals surface area contributed by atoms with E-state index in [9.17, 15) is 19.3 Å². The lowest BCUT2D eigenvalue weighted by Gasteiger charge is -2.37. The van der Waals surface area contributed by atoms with Gasteiger partial charge in [0.2, 0.25) is 0 Å². The van der Waals surface area contributed by atoms with Crippen LogP contribution in [0, 0.1) is 15.9 Å². The zero-order valence-corrected chi connectivity index (χ0v) is 16.3. The number of benzene rings is 2. The number of ether oxygens (including phenoxy) is 2. The highest BCUT2D eigenvalue weighted by Crippen LogP contribution is 2.29. The lowest BCUT2D eigenvalue weighted by molar-refractivity contribution is -0.385. The summed E-state index contributed by atoms with van der Waals surface area (Å²) < 4.78 is 25.3. The maximum atomic E-state index is 14.7. The van der Waals surface area contributed by atoms with E-state index < -0.39 is 16.6 Å². The Bertz CT molecular complexity index is 926. The minimum absolute atomic E-state index is 0.0107. The van der Waals surface area contributed by atoms with Crippen LogP contribution in [0.4, 0.5) is 21.5 Å². The molecule has 3 rings (SSSR count). The molecule has 154 valence electrons. The fourth-order valence-corrected chi connectivity index (χ4v) is 3.39. The number of amides is 1. The van der Waals surface area contributed by atoms with Crippen molar-refractivity contribution >= 4 is 23.0 Å². The number of methoxy groups -OCH3 is 1. The van der Waals surface area contributed by atoms with Crippen molar-refractivity contribution < 1.29 is 23.6 Å². The summed E-state index contributed by atoms with van der Waals surface area (Å²) in [5.74, 6) is -1.00. The van der Waals surface area contributed by atoms with Crippen LogP contribution in [-0.4, -0.2) is 43.2 Å². The molecular formula is C20H22FN3O5. The number of nitrogens with one attached hydrogen (secondary N) is 1. The van der Waals surface area contributed by atoms with E-state index in [0.717, 1.165) is 6.07 Å². The van der Waals surface area contributed by atoms with E-state index in [1.807, 2.05) is 18.7 Å². The lowest BCUT2D eigenvalue weighted by Crippen LogP contribution is -2.45. The predicted octanol–water partition coefficient (Wildman–Crippen LogP) is 3.61. The maximum Gasteiger partial charge on any atom is 0.311 e. The highest BCUT2D eigenvalue weighted by molar-refractivity contribution is 6.04. The molecule has 1 amide bonds. The Morgan fingerprint density at radius 1 is 1.24 bits per heavy atom. The molecule has 1 aliphatic heterocycles. The predicted molar refractivity (Wildman–Crippen MR) is 106 cm³/mol. The fourth-order valence-electron chi connectivity index (χ4n) is 3.39. The first kappa shape index (κ1) is 20.5. The number of morpholine rings is 1. The van der Waals surface area contributed by atoms with E-state index in [-0.39, 0.29) is 34.9 Å². The monoisotopic (exact) mass is 403 g/mol. The molecule has 0 spiro atoms. The molecule has 1 N–H and O–H groups in total. The summed E-state index contributed by atoms with van der Waals surface area (Å²) in [6.45, 7) is 5.01. The van der Waals surface area contributed by atoms with Crippen LogP contribution in [0.5, 0.6) is 5.75 Å². The van der Waals surface area contributed by atoms with Crippen molar-refractivity contribution in [2.45, 2.75) is 26.1 Å². The largest absolute Gasteiger partial charge is 0.490 e. The number of rotatable bonds is 5. The summed E-state index contributed by atoms with van der Waals surface area (Å²) >= 11 is 0. The van der Waals surface area contributed by atoms with Crippen LogP contribution in [0.15, 0.2) is 36.4 Å². The van der Waals surface area contributed by atoms with Gasteiger partial charge in [-0.25, -0.2) is 4.39 Å². The first-order valence-corrected chi connectivity index (χ1v) is 9.12. The van der Waals surface area contributed by atoms with E-state index in [0.29, 0.717) is 18.8 Å². The third-order valence-corrected chi connectivity index (χ3v) is 4.60. The topological polar surface area (TPSA) is 93.9 Å². The van der Waals surface area contributed by atoms with Gasteiger partial charge in [-0.3, -0.25) is 14.9 Å². The lowest BCUT2D eigenvalue weighted by atomic mass is 10.1. The van der Waals surface area contributed by atoms with Crippen molar-refractivity contribution in [3.8, 4) is 5.75 Å². The Morgan fingerprint density at radius 2 is 1.93 bits per heavy atom. The third-order valence-electron chi connectivity index (χ3n) is 4.60. The quantitative estimate of drug-likeness (QED) is 0.606. The van der Waals surface area contributed by atoms with Crippen LogP contribution in [0.1, 0.15) is 24.2 Å². The second kappa shape index (κ2) is 8.44. The van der Waals surface area contributed by atoms with Gasteiger partial charge in [-0.15, -0.1) is 0 Å². The molecule has 1 aliphatic rings. The molecule has 0 bridgehead atoms. The van der Waals surface area contributed by atoms with Gasteiger partial charge in [0.25, 0.3) is 5.91 Å². The number of carbonyl (C=O) groups excluding carboxylic acids is 1. The van der Waals surface area contributed by atoms with Gasteiger partial charge in [0.1, 0.15) is 5.82 Å². The van der Waals surface area contributed by atoms with Crippen LogP contribution in [0.2, 0.25) is 0 Å². The molecule has 0 radical (unpaired) electrons. The standard InChI is InChI=1S/C20H22FN3O5/c1-12-10-23(11-13(2)29-12)17-6-5-15(9-16(17)21)22-20(25)14-4-7-19(28-3)18(8-14)24(26)27/h4-9,12-13H,10-11H2,1-3H3,(H,22,25). The van der Waals surface area contributed by atoms with Gasteiger partial charge in [0.05, 0.1) is 29.9 Å². The average molecular weight is 403 g/mol. The number of hydrogen-bond donors (Lipinski definition) is 1. The van der Waals surface area contributed by atoms with E-state index in [4.69, 9.17) is 9.47 Å². The molecule has 29 heavy (non-hydrogen) atoms. The van der Waals surface area contributed by atoms with E-state index in [1.54, 1.807) is 12.1 Å². The average Bonchev–Trinajstić information content (AvgIpc) is 2.66. The van der Waals surface area contributed by atoms with Gasteiger partial charge in [-0.1, -0.05) is 0 Å². The minimum Gasteiger partial charge on any atom is -0.490 e. The number of halogens is 1. The molecule has 0 aromatic heterocycles. The van der Waals surface area contributed by atoms with Crippen LogP contribution >= 0.6 is 0 Å². The SMILES string of the molecule is COc1ccc(C(=O)Nc2ccc(N3CC(C)OC(C)C3)c(F)c2)cc1[N+](=O)[O-]. The van der Waals surface area contributed by atoms with Crippen molar-refractivity contribution in [3.05, 3.63) is 57.9 Å². The van der Waals surface area contributed by atoms with Crippen LogP contribution in [0.3, 0.4) is 0 Å². The Morgan fingerprint density at radius 3 is 2.52 bits per heavy atom. The number of nitro benzene ring substituents is 1. The summed E-state index contributed by atoms with van der Waals surface area (Å²) in [6.07, 6.45) is -0.0215. The molecule has 2 aromatic carbocycles. The molecule has 2 unspecified atom stereocenters. The van der Waals surface area contributed by atoms with Gasteiger partial charge in [-0.2, -0.15) is 0 Å². The van der Waals surface area contributed by atoms with E-state index in [2.05, 4.69) is 5.32 Å². The van der Waals surface area contributed by atoms with Crippen molar-refractivity contribution in [2.75, 3.05) is 30.4 Å². The molecule has 0 saturated carbocycles. The maximum absolute atomic E-state index is 14.7. The van der Waals surface area contributed by atoms with Crippen molar-refractivity contribution in [2.24, 2.45) is 0 Å². The molecule has 1 saturated heterocycles. The number of nitrogens with zero attached hydrogens (tertiary/aromatic N) is 2. The number of carbonyl (C=O) groups is 1. The van der Waals surface area contributed by atoms with E-state index >= 15 is 0 Å². The molecule has 1 heterocycles. The molecule has 0 aliphatic carbocycles. The molecule has 8 nitrogen and oxygen atoms in total. The number of hydrogen-bond acceptors (Lipinski definition) is 6. The van der Waals surface area contributed by atoms with Gasteiger partial charge in [0.15, 0.2) is 5.75 Å². The number of anilines is 2. The van der Waals surface area contributed by atoms with Gasteiger partial charge in [-0.05, 0) is 44.2 Å².